The van der Waals surface area contributed by atoms with Gasteiger partial charge < -0.3 is 20.1 Å². The minimum absolute atomic E-state index is 0.105. The molecule has 0 aliphatic carbocycles. The first-order valence-corrected chi connectivity index (χ1v) is 6.26. The number of ether oxygens (including phenoxy) is 1. The molecule has 0 radical (unpaired) electrons. The maximum atomic E-state index is 12.1. The smallest absolute Gasteiger partial charge is 0.323 e. The SMILES string of the molecule is CCC(C)N(CC(=O)O)C(=O)NC1(C)CCOC1. The average Bonchev–Trinajstić information content (AvgIpc) is 2.71. The van der Waals surface area contributed by atoms with E-state index in [9.17, 15) is 9.59 Å². The molecule has 1 heterocycles. The number of carbonyl (C=O) groups is 2. The lowest BCUT2D eigenvalue weighted by atomic mass is 10.0. The summed E-state index contributed by atoms with van der Waals surface area (Å²) in [6.07, 6.45) is 1.47. The molecule has 0 aromatic rings. The first kappa shape index (κ1) is 14.8. The van der Waals surface area contributed by atoms with Crippen molar-refractivity contribution in [2.75, 3.05) is 19.8 Å². The number of carboxylic acid groups (broad SMARTS) is 1. The van der Waals surface area contributed by atoms with Crippen molar-refractivity contribution >= 4 is 12.0 Å². The van der Waals surface area contributed by atoms with Crippen LogP contribution in [0.1, 0.15) is 33.6 Å². The van der Waals surface area contributed by atoms with Crippen molar-refractivity contribution in [3.8, 4) is 0 Å². The molecule has 2 atom stereocenters. The van der Waals surface area contributed by atoms with Crippen LogP contribution in [0.3, 0.4) is 0 Å². The van der Waals surface area contributed by atoms with E-state index < -0.39 is 5.97 Å². The van der Waals surface area contributed by atoms with Gasteiger partial charge in [-0.25, -0.2) is 4.79 Å². The molecule has 1 rings (SSSR count). The van der Waals surface area contributed by atoms with Crippen LogP contribution < -0.4 is 5.32 Å². The molecule has 0 spiro atoms. The monoisotopic (exact) mass is 258 g/mol. The molecule has 2 N–H and O–H groups in total. The molecule has 6 nitrogen and oxygen atoms in total. The molecule has 0 aromatic heterocycles. The summed E-state index contributed by atoms with van der Waals surface area (Å²) in [6, 6.07) is -0.438. The number of carboxylic acids is 1. The van der Waals surface area contributed by atoms with Gasteiger partial charge in [0, 0.05) is 12.6 Å². The van der Waals surface area contributed by atoms with Gasteiger partial charge in [0.1, 0.15) is 6.54 Å². The second kappa shape index (κ2) is 6.04. The average molecular weight is 258 g/mol. The highest BCUT2D eigenvalue weighted by Crippen LogP contribution is 2.18. The molecular weight excluding hydrogens is 236 g/mol. The number of amides is 2. The van der Waals surface area contributed by atoms with Gasteiger partial charge in [-0.1, -0.05) is 6.92 Å². The Morgan fingerprint density at radius 1 is 1.56 bits per heavy atom. The van der Waals surface area contributed by atoms with E-state index in [4.69, 9.17) is 9.84 Å². The van der Waals surface area contributed by atoms with E-state index in [0.29, 0.717) is 19.6 Å². The highest BCUT2D eigenvalue weighted by molar-refractivity contribution is 5.80. The standard InChI is InChI=1S/C12H22N2O4/c1-4-9(2)14(7-10(15)16)11(17)13-12(3)5-6-18-8-12/h9H,4-8H2,1-3H3,(H,13,17)(H,15,16). The molecule has 104 valence electrons. The third-order valence-corrected chi connectivity index (χ3v) is 3.32. The summed E-state index contributed by atoms with van der Waals surface area (Å²) < 4.78 is 5.26. The van der Waals surface area contributed by atoms with Crippen molar-refractivity contribution in [3.63, 3.8) is 0 Å². The molecule has 1 aliphatic heterocycles. The fourth-order valence-electron chi connectivity index (χ4n) is 1.89. The van der Waals surface area contributed by atoms with Gasteiger partial charge >= 0.3 is 12.0 Å². The first-order valence-electron chi connectivity index (χ1n) is 6.26. The van der Waals surface area contributed by atoms with Crippen molar-refractivity contribution in [3.05, 3.63) is 0 Å². The third kappa shape index (κ3) is 3.87. The zero-order valence-electron chi connectivity index (χ0n) is 11.2. The predicted molar refractivity (Wildman–Crippen MR) is 66.5 cm³/mol. The van der Waals surface area contributed by atoms with E-state index >= 15 is 0 Å². The zero-order valence-corrected chi connectivity index (χ0v) is 11.2. The van der Waals surface area contributed by atoms with Gasteiger partial charge in [0.2, 0.25) is 0 Å². The molecule has 2 unspecified atom stereocenters. The second-order valence-electron chi connectivity index (χ2n) is 5.07. The fourth-order valence-corrected chi connectivity index (χ4v) is 1.89. The fraction of sp³-hybridized carbons (Fsp3) is 0.833. The van der Waals surface area contributed by atoms with E-state index in [-0.39, 0.29) is 24.2 Å². The van der Waals surface area contributed by atoms with Crippen LogP contribution in [0.5, 0.6) is 0 Å². The van der Waals surface area contributed by atoms with E-state index in [2.05, 4.69) is 5.32 Å². The Morgan fingerprint density at radius 3 is 2.67 bits per heavy atom. The number of carbonyl (C=O) groups excluding carboxylic acids is 1. The van der Waals surface area contributed by atoms with Crippen molar-refractivity contribution in [2.45, 2.75) is 45.2 Å². The maximum absolute atomic E-state index is 12.1. The summed E-state index contributed by atoms with van der Waals surface area (Å²) in [5.74, 6) is -1.00. The minimum Gasteiger partial charge on any atom is -0.480 e. The van der Waals surface area contributed by atoms with Crippen molar-refractivity contribution in [2.24, 2.45) is 0 Å². The van der Waals surface area contributed by atoms with E-state index in [1.807, 2.05) is 20.8 Å². The lowest BCUT2D eigenvalue weighted by molar-refractivity contribution is -0.138. The molecule has 1 fully saturated rings. The van der Waals surface area contributed by atoms with Crippen LogP contribution in [-0.4, -0.2) is 53.3 Å². The zero-order chi connectivity index (χ0) is 13.8. The first-order chi connectivity index (χ1) is 8.38. The number of hydrogen-bond acceptors (Lipinski definition) is 3. The molecule has 18 heavy (non-hydrogen) atoms. The Balaban J connectivity index is 2.66. The number of nitrogens with zero attached hydrogens (tertiary/aromatic N) is 1. The van der Waals surface area contributed by atoms with Gasteiger partial charge in [0.15, 0.2) is 0 Å². The maximum Gasteiger partial charge on any atom is 0.323 e. The number of rotatable bonds is 5. The Bertz CT molecular complexity index is 313. The molecule has 1 aliphatic rings. The summed E-state index contributed by atoms with van der Waals surface area (Å²) >= 11 is 0. The Labute approximate surface area is 107 Å². The van der Waals surface area contributed by atoms with Gasteiger partial charge in [0.05, 0.1) is 12.1 Å². The molecule has 0 bridgehead atoms. The van der Waals surface area contributed by atoms with Gasteiger partial charge in [-0.2, -0.15) is 0 Å². The highest BCUT2D eigenvalue weighted by atomic mass is 16.5. The van der Waals surface area contributed by atoms with Gasteiger partial charge in [-0.05, 0) is 26.7 Å². The van der Waals surface area contributed by atoms with Crippen LogP contribution in [0.25, 0.3) is 0 Å². The molecule has 2 amide bonds. The van der Waals surface area contributed by atoms with Crippen LogP contribution in [-0.2, 0) is 9.53 Å². The van der Waals surface area contributed by atoms with E-state index in [1.165, 1.54) is 4.90 Å². The lowest BCUT2D eigenvalue weighted by Crippen LogP contribution is -2.55. The largest absolute Gasteiger partial charge is 0.480 e. The Kier molecular flexibility index (Phi) is 4.95. The quantitative estimate of drug-likeness (QED) is 0.773. The lowest BCUT2D eigenvalue weighted by Gasteiger charge is -2.32. The highest BCUT2D eigenvalue weighted by Gasteiger charge is 2.34. The second-order valence-corrected chi connectivity index (χ2v) is 5.07. The summed E-state index contributed by atoms with van der Waals surface area (Å²) in [6.45, 7) is 6.49. The van der Waals surface area contributed by atoms with Gasteiger partial charge in [0.25, 0.3) is 0 Å². The minimum atomic E-state index is -1.00. The third-order valence-electron chi connectivity index (χ3n) is 3.32. The summed E-state index contributed by atoms with van der Waals surface area (Å²) in [4.78, 5) is 24.3. The number of aliphatic carboxylic acids is 1. The number of nitrogens with one attached hydrogen (secondary N) is 1. The Hall–Kier alpha value is -1.30. The normalized spacial score (nSPS) is 24.6. The van der Waals surface area contributed by atoms with Gasteiger partial charge in [-0.3, -0.25) is 4.79 Å². The summed E-state index contributed by atoms with van der Waals surface area (Å²) in [7, 11) is 0. The van der Waals surface area contributed by atoms with E-state index in [1.54, 1.807) is 0 Å². The van der Waals surface area contributed by atoms with Crippen LogP contribution in [0.15, 0.2) is 0 Å². The van der Waals surface area contributed by atoms with Crippen molar-refractivity contribution in [1.82, 2.24) is 10.2 Å². The van der Waals surface area contributed by atoms with Crippen molar-refractivity contribution in [1.29, 1.82) is 0 Å². The molecule has 0 saturated carbocycles. The van der Waals surface area contributed by atoms with Crippen LogP contribution in [0, 0.1) is 0 Å². The number of hydrogen-bond donors (Lipinski definition) is 2. The van der Waals surface area contributed by atoms with Gasteiger partial charge in [-0.15, -0.1) is 0 Å². The van der Waals surface area contributed by atoms with Crippen LogP contribution in [0.2, 0.25) is 0 Å². The topological polar surface area (TPSA) is 78.9 Å². The summed E-state index contributed by atoms with van der Waals surface area (Å²) in [5, 5.41) is 11.7. The van der Waals surface area contributed by atoms with Crippen LogP contribution in [0.4, 0.5) is 4.79 Å². The molecule has 6 heteroatoms. The number of urea groups is 1. The van der Waals surface area contributed by atoms with E-state index in [0.717, 1.165) is 6.42 Å². The molecule has 1 saturated heterocycles. The summed E-state index contributed by atoms with van der Waals surface area (Å²) in [5.41, 5.74) is -0.388. The van der Waals surface area contributed by atoms with Crippen molar-refractivity contribution < 1.29 is 19.4 Å². The Morgan fingerprint density at radius 2 is 2.22 bits per heavy atom. The molecule has 0 aromatic carbocycles. The van der Waals surface area contributed by atoms with Crippen LogP contribution >= 0.6 is 0 Å². The predicted octanol–water partition coefficient (Wildman–Crippen LogP) is 1.06. The molecular formula is C12H22N2O4.